The number of hydrogen-bond donors (Lipinski definition) is 2. The van der Waals surface area contributed by atoms with Crippen LogP contribution in [0.4, 0.5) is 5.69 Å². The Morgan fingerprint density at radius 1 is 1.45 bits per heavy atom. The Morgan fingerprint density at radius 2 is 2.00 bits per heavy atom. The molecule has 0 aliphatic carbocycles. The average molecular weight is 216 g/mol. The van der Waals surface area contributed by atoms with E-state index in [-0.39, 0.29) is 5.75 Å². The number of nitrogens with two attached hydrogens (primary N) is 1. The first-order valence-electron chi connectivity index (χ1n) is 3.28. The van der Waals surface area contributed by atoms with Crippen molar-refractivity contribution in [3.05, 3.63) is 21.7 Å². The van der Waals surface area contributed by atoms with Crippen molar-refractivity contribution in [2.24, 2.45) is 0 Å². The third-order valence-electron chi connectivity index (χ3n) is 1.72. The Kier molecular flexibility index (Phi) is 2.09. The van der Waals surface area contributed by atoms with Gasteiger partial charge in [-0.05, 0) is 47.0 Å². The number of benzene rings is 1. The minimum atomic E-state index is 0.275. The number of aromatic hydroxyl groups is 1. The number of rotatable bonds is 0. The van der Waals surface area contributed by atoms with Gasteiger partial charge >= 0.3 is 0 Å². The van der Waals surface area contributed by atoms with Crippen molar-refractivity contribution in [3.63, 3.8) is 0 Å². The van der Waals surface area contributed by atoms with Crippen molar-refractivity contribution >= 4 is 21.6 Å². The van der Waals surface area contributed by atoms with E-state index in [1.807, 2.05) is 13.8 Å². The Balaban J connectivity index is 3.46. The van der Waals surface area contributed by atoms with E-state index in [0.717, 1.165) is 11.1 Å². The third-order valence-corrected chi connectivity index (χ3v) is 2.69. The Bertz CT molecular complexity index is 270. The topological polar surface area (TPSA) is 46.2 Å². The molecule has 0 unspecified atom stereocenters. The minimum Gasteiger partial charge on any atom is -0.506 e. The molecule has 0 aromatic heterocycles. The summed E-state index contributed by atoms with van der Waals surface area (Å²) in [5.41, 5.74) is 8.02. The monoisotopic (exact) mass is 215 g/mol. The van der Waals surface area contributed by atoms with Gasteiger partial charge in [0.25, 0.3) is 0 Å². The van der Waals surface area contributed by atoms with E-state index in [1.165, 1.54) is 0 Å². The molecule has 0 aliphatic rings. The highest BCUT2D eigenvalue weighted by Crippen LogP contribution is 2.33. The quantitative estimate of drug-likeness (QED) is 0.516. The van der Waals surface area contributed by atoms with Crippen LogP contribution in [0.1, 0.15) is 11.1 Å². The summed E-state index contributed by atoms with van der Waals surface area (Å²) in [6.07, 6.45) is 0. The zero-order valence-corrected chi connectivity index (χ0v) is 8.07. The van der Waals surface area contributed by atoms with E-state index in [0.29, 0.717) is 10.2 Å². The summed E-state index contributed by atoms with van der Waals surface area (Å²) in [5, 5.41) is 9.41. The molecule has 0 atom stereocenters. The molecule has 2 nitrogen and oxygen atoms in total. The van der Waals surface area contributed by atoms with Gasteiger partial charge in [-0.25, -0.2) is 0 Å². The third kappa shape index (κ3) is 1.33. The molecule has 0 saturated heterocycles. The Morgan fingerprint density at radius 3 is 2.55 bits per heavy atom. The number of nitrogen functional groups attached to an aromatic ring is 1. The highest BCUT2D eigenvalue weighted by Gasteiger charge is 2.07. The van der Waals surface area contributed by atoms with Crippen LogP contribution in [0, 0.1) is 13.8 Å². The van der Waals surface area contributed by atoms with Gasteiger partial charge in [-0.1, -0.05) is 0 Å². The van der Waals surface area contributed by atoms with Gasteiger partial charge in [-0.15, -0.1) is 0 Å². The molecule has 3 heteroatoms. The van der Waals surface area contributed by atoms with Gasteiger partial charge in [0.15, 0.2) is 0 Å². The van der Waals surface area contributed by atoms with Crippen LogP contribution in [0.2, 0.25) is 0 Å². The minimum absolute atomic E-state index is 0.275. The van der Waals surface area contributed by atoms with Crippen molar-refractivity contribution in [2.45, 2.75) is 13.8 Å². The Labute approximate surface area is 74.2 Å². The smallest absolute Gasteiger partial charge is 0.133 e. The molecule has 0 amide bonds. The lowest BCUT2D eigenvalue weighted by atomic mass is 10.1. The highest BCUT2D eigenvalue weighted by molar-refractivity contribution is 9.10. The normalized spacial score (nSPS) is 10.1. The van der Waals surface area contributed by atoms with Gasteiger partial charge in [-0.2, -0.15) is 0 Å². The summed E-state index contributed by atoms with van der Waals surface area (Å²) in [6, 6.07) is 1.76. The maximum absolute atomic E-state index is 9.41. The van der Waals surface area contributed by atoms with Crippen LogP contribution in [-0.4, -0.2) is 5.11 Å². The standard InChI is InChI=1S/C8H10BrNO/c1-4-3-6(10)5(2)7(9)8(4)11/h3,11H,10H2,1-2H3. The number of anilines is 1. The predicted molar refractivity (Wildman–Crippen MR) is 49.7 cm³/mol. The van der Waals surface area contributed by atoms with Crippen LogP contribution in [0.5, 0.6) is 5.75 Å². The second-order valence-electron chi connectivity index (χ2n) is 2.57. The molecular formula is C8H10BrNO. The summed E-state index contributed by atoms with van der Waals surface area (Å²) in [6.45, 7) is 3.68. The van der Waals surface area contributed by atoms with E-state index in [2.05, 4.69) is 15.9 Å². The van der Waals surface area contributed by atoms with Crippen LogP contribution >= 0.6 is 15.9 Å². The molecule has 1 aromatic carbocycles. The SMILES string of the molecule is Cc1cc(N)c(C)c(Br)c1O. The summed E-state index contributed by atoms with van der Waals surface area (Å²) in [5.74, 6) is 0.275. The van der Waals surface area contributed by atoms with E-state index < -0.39 is 0 Å². The predicted octanol–water partition coefficient (Wildman–Crippen LogP) is 2.35. The molecule has 1 aromatic rings. The van der Waals surface area contributed by atoms with Crippen molar-refractivity contribution in [3.8, 4) is 5.75 Å². The second kappa shape index (κ2) is 2.74. The molecule has 0 bridgehead atoms. The number of halogens is 1. The fraction of sp³-hybridized carbons (Fsp3) is 0.250. The molecule has 3 N–H and O–H groups in total. The first kappa shape index (κ1) is 8.40. The van der Waals surface area contributed by atoms with Crippen molar-refractivity contribution < 1.29 is 5.11 Å². The van der Waals surface area contributed by atoms with Crippen LogP contribution < -0.4 is 5.73 Å². The summed E-state index contributed by atoms with van der Waals surface area (Å²) >= 11 is 3.25. The maximum atomic E-state index is 9.41. The number of phenolic OH excluding ortho intramolecular Hbond substituents is 1. The van der Waals surface area contributed by atoms with E-state index >= 15 is 0 Å². The van der Waals surface area contributed by atoms with Crippen LogP contribution in [0.25, 0.3) is 0 Å². The number of hydrogen-bond acceptors (Lipinski definition) is 2. The average Bonchev–Trinajstić information content (AvgIpc) is 1.97. The lowest BCUT2D eigenvalue weighted by Crippen LogP contribution is -1.92. The first-order valence-corrected chi connectivity index (χ1v) is 4.07. The van der Waals surface area contributed by atoms with Gasteiger partial charge in [0.1, 0.15) is 5.75 Å². The second-order valence-corrected chi connectivity index (χ2v) is 3.36. The van der Waals surface area contributed by atoms with Crippen LogP contribution in [0.15, 0.2) is 10.5 Å². The van der Waals surface area contributed by atoms with Crippen molar-refractivity contribution in [1.82, 2.24) is 0 Å². The molecule has 0 saturated carbocycles. The van der Waals surface area contributed by atoms with E-state index in [1.54, 1.807) is 6.07 Å². The molecule has 0 radical (unpaired) electrons. The van der Waals surface area contributed by atoms with Crippen molar-refractivity contribution in [2.75, 3.05) is 5.73 Å². The molecule has 0 spiro atoms. The molecule has 1 rings (SSSR count). The fourth-order valence-electron chi connectivity index (χ4n) is 0.887. The zero-order valence-electron chi connectivity index (χ0n) is 6.48. The first-order chi connectivity index (χ1) is 5.04. The molecule has 60 valence electrons. The van der Waals surface area contributed by atoms with Gasteiger partial charge in [0.05, 0.1) is 4.47 Å². The van der Waals surface area contributed by atoms with Gasteiger partial charge in [0.2, 0.25) is 0 Å². The summed E-state index contributed by atoms with van der Waals surface area (Å²) in [4.78, 5) is 0. The largest absolute Gasteiger partial charge is 0.506 e. The zero-order chi connectivity index (χ0) is 8.59. The van der Waals surface area contributed by atoms with Gasteiger partial charge in [-0.3, -0.25) is 0 Å². The van der Waals surface area contributed by atoms with Gasteiger partial charge < -0.3 is 10.8 Å². The summed E-state index contributed by atoms with van der Waals surface area (Å²) in [7, 11) is 0. The molecule has 0 aliphatic heterocycles. The van der Waals surface area contributed by atoms with Crippen molar-refractivity contribution in [1.29, 1.82) is 0 Å². The van der Waals surface area contributed by atoms with E-state index in [4.69, 9.17) is 5.73 Å². The lowest BCUT2D eigenvalue weighted by Gasteiger charge is -2.07. The molecular weight excluding hydrogens is 206 g/mol. The Hall–Kier alpha value is -0.700. The summed E-state index contributed by atoms with van der Waals surface area (Å²) < 4.78 is 0.690. The molecule has 0 fully saturated rings. The van der Waals surface area contributed by atoms with Gasteiger partial charge in [0, 0.05) is 5.69 Å². The maximum Gasteiger partial charge on any atom is 0.133 e. The lowest BCUT2D eigenvalue weighted by molar-refractivity contribution is 0.467. The fourth-order valence-corrected chi connectivity index (χ4v) is 1.43. The molecule has 0 heterocycles. The highest BCUT2D eigenvalue weighted by atomic mass is 79.9. The number of aryl methyl sites for hydroxylation is 1. The van der Waals surface area contributed by atoms with Crippen LogP contribution in [0.3, 0.4) is 0 Å². The molecule has 11 heavy (non-hydrogen) atoms. The number of phenols is 1. The van der Waals surface area contributed by atoms with Crippen LogP contribution in [-0.2, 0) is 0 Å². The van der Waals surface area contributed by atoms with E-state index in [9.17, 15) is 5.11 Å².